The van der Waals surface area contributed by atoms with Crippen molar-refractivity contribution in [3.8, 4) is 5.75 Å². The van der Waals surface area contributed by atoms with Crippen LogP contribution in [0.5, 0.6) is 5.75 Å². The summed E-state index contributed by atoms with van der Waals surface area (Å²) in [5.41, 5.74) is 8.06. The number of pyridine rings is 1. The van der Waals surface area contributed by atoms with Gasteiger partial charge in [-0.2, -0.15) is 0 Å². The molecule has 1 aromatic carbocycles. The van der Waals surface area contributed by atoms with Crippen LogP contribution in [0.3, 0.4) is 0 Å². The zero-order valence-corrected chi connectivity index (χ0v) is 12.8. The molecule has 1 aromatic heterocycles. The number of nitrogens with one attached hydrogen (secondary N) is 1. The van der Waals surface area contributed by atoms with Crippen molar-refractivity contribution in [2.24, 2.45) is 10.7 Å². The minimum atomic E-state index is 0.122. The number of benzene rings is 1. The van der Waals surface area contributed by atoms with E-state index in [0.717, 1.165) is 23.3 Å². The summed E-state index contributed by atoms with van der Waals surface area (Å²) < 4.78 is 5.63. The Bertz CT molecular complexity index is 672. The maximum absolute atomic E-state index is 5.99. The van der Waals surface area contributed by atoms with E-state index >= 15 is 0 Å². The van der Waals surface area contributed by atoms with Crippen LogP contribution < -0.4 is 15.8 Å². The van der Waals surface area contributed by atoms with E-state index in [-0.39, 0.29) is 6.04 Å². The van der Waals surface area contributed by atoms with Crippen molar-refractivity contribution in [1.82, 2.24) is 10.3 Å². The lowest BCUT2D eigenvalue weighted by Crippen LogP contribution is -2.37. The number of nitrogens with two attached hydrogens (primary N) is 1. The fraction of sp³-hybridized carbons (Fsp3) is 0.250. The summed E-state index contributed by atoms with van der Waals surface area (Å²) in [7, 11) is 0. The van der Waals surface area contributed by atoms with Gasteiger partial charge in [-0.25, -0.2) is 9.98 Å². The van der Waals surface area contributed by atoms with Crippen LogP contribution in [0.15, 0.2) is 47.6 Å². The quantitative estimate of drug-likeness (QED) is 0.519. The third kappa shape index (κ3) is 3.49. The van der Waals surface area contributed by atoms with Gasteiger partial charge in [0, 0.05) is 18.2 Å². The first kappa shape index (κ1) is 14.7. The van der Waals surface area contributed by atoms with E-state index in [9.17, 15) is 0 Å². The molecule has 0 fully saturated rings. The lowest BCUT2D eigenvalue weighted by Gasteiger charge is -2.26. The number of aliphatic imine (C=N–C) groups is 1. The number of hydrogen-bond donors (Lipinski definition) is 2. The number of ether oxygens (including phenoxy) is 1. The molecule has 0 radical (unpaired) electrons. The highest BCUT2D eigenvalue weighted by molar-refractivity contribution is 6.29. The number of fused-ring (bicyclic) bond motifs is 1. The van der Waals surface area contributed by atoms with Crippen molar-refractivity contribution in [3.63, 3.8) is 0 Å². The molecule has 5 nitrogen and oxygen atoms in total. The van der Waals surface area contributed by atoms with Gasteiger partial charge in [0.2, 0.25) is 0 Å². The molecule has 1 aliphatic heterocycles. The Balaban J connectivity index is 1.65. The van der Waals surface area contributed by atoms with E-state index in [0.29, 0.717) is 24.3 Å². The molecular formula is C16H17ClN4O. The first-order valence-electron chi connectivity index (χ1n) is 7.11. The maximum Gasteiger partial charge on any atom is 0.189 e. The van der Waals surface area contributed by atoms with E-state index in [4.69, 9.17) is 22.1 Å². The molecule has 1 atom stereocenters. The predicted molar refractivity (Wildman–Crippen MR) is 87.0 cm³/mol. The molecule has 6 heteroatoms. The maximum atomic E-state index is 5.99. The summed E-state index contributed by atoms with van der Waals surface area (Å²) in [4.78, 5) is 8.37. The van der Waals surface area contributed by atoms with E-state index in [1.165, 1.54) is 0 Å². The number of aromatic nitrogens is 1. The number of nitrogens with zero attached hydrogens (tertiary/aromatic N) is 2. The Morgan fingerprint density at radius 1 is 1.36 bits per heavy atom. The number of para-hydroxylation sites is 1. The Morgan fingerprint density at radius 3 is 3.05 bits per heavy atom. The smallest absolute Gasteiger partial charge is 0.189 e. The highest BCUT2D eigenvalue weighted by atomic mass is 35.5. The van der Waals surface area contributed by atoms with Crippen LogP contribution in [0.25, 0.3) is 0 Å². The average molecular weight is 317 g/mol. The fourth-order valence-corrected chi connectivity index (χ4v) is 2.50. The predicted octanol–water partition coefficient (Wildman–Crippen LogP) is 2.66. The molecule has 22 heavy (non-hydrogen) atoms. The summed E-state index contributed by atoms with van der Waals surface area (Å²) in [5.74, 6) is 1.32. The molecule has 1 unspecified atom stereocenters. The number of halogens is 1. The lowest BCUT2D eigenvalue weighted by atomic mass is 10.0. The Kier molecular flexibility index (Phi) is 4.44. The summed E-state index contributed by atoms with van der Waals surface area (Å²) in [6, 6.07) is 11.7. The van der Waals surface area contributed by atoms with Gasteiger partial charge in [0.15, 0.2) is 5.96 Å². The molecule has 114 valence electrons. The van der Waals surface area contributed by atoms with Crippen LogP contribution in [0.1, 0.15) is 23.6 Å². The number of hydrogen-bond acceptors (Lipinski definition) is 3. The van der Waals surface area contributed by atoms with Crippen molar-refractivity contribution < 1.29 is 4.74 Å². The van der Waals surface area contributed by atoms with Crippen LogP contribution in [-0.2, 0) is 6.54 Å². The van der Waals surface area contributed by atoms with Gasteiger partial charge >= 0.3 is 0 Å². The first-order chi connectivity index (χ1) is 10.7. The summed E-state index contributed by atoms with van der Waals surface area (Å²) >= 11 is 5.76. The molecule has 2 aromatic rings. The Labute approximate surface area is 134 Å². The van der Waals surface area contributed by atoms with Crippen LogP contribution in [0.4, 0.5) is 0 Å². The van der Waals surface area contributed by atoms with Crippen molar-refractivity contribution in [2.75, 3.05) is 6.61 Å². The second kappa shape index (κ2) is 6.66. The SMILES string of the molecule is NC(=NCc1ccc(Cl)nc1)NC1CCOc2ccccc21. The minimum Gasteiger partial charge on any atom is -0.493 e. The molecule has 1 aliphatic rings. The molecule has 0 aliphatic carbocycles. The van der Waals surface area contributed by atoms with Gasteiger partial charge in [-0.1, -0.05) is 35.9 Å². The second-order valence-electron chi connectivity index (χ2n) is 5.06. The van der Waals surface area contributed by atoms with E-state index in [1.807, 2.05) is 30.3 Å². The molecule has 0 saturated heterocycles. The lowest BCUT2D eigenvalue weighted by molar-refractivity contribution is 0.262. The molecule has 3 N–H and O–H groups in total. The van der Waals surface area contributed by atoms with Gasteiger partial charge in [0.1, 0.15) is 10.9 Å². The second-order valence-corrected chi connectivity index (χ2v) is 5.45. The van der Waals surface area contributed by atoms with Crippen molar-refractivity contribution in [3.05, 3.63) is 58.9 Å². The van der Waals surface area contributed by atoms with Gasteiger partial charge in [0.25, 0.3) is 0 Å². The van der Waals surface area contributed by atoms with Gasteiger partial charge in [0.05, 0.1) is 19.2 Å². The monoisotopic (exact) mass is 316 g/mol. The van der Waals surface area contributed by atoms with Gasteiger partial charge in [-0.15, -0.1) is 0 Å². The van der Waals surface area contributed by atoms with Crippen molar-refractivity contribution in [2.45, 2.75) is 19.0 Å². The van der Waals surface area contributed by atoms with Crippen LogP contribution in [0, 0.1) is 0 Å². The van der Waals surface area contributed by atoms with Crippen LogP contribution >= 0.6 is 11.6 Å². The molecule has 0 amide bonds. The van der Waals surface area contributed by atoms with E-state index in [2.05, 4.69) is 15.3 Å². The zero-order chi connectivity index (χ0) is 15.4. The van der Waals surface area contributed by atoms with E-state index < -0.39 is 0 Å². The minimum absolute atomic E-state index is 0.122. The highest BCUT2D eigenvalue weighted by Crippen LogP contribution is 2.31. The third-order valence-corrected chi connectivity index (χ3v) is 3.72. The topological polar surface area (TPSA) is 72.5 Å². The molecule has 0 saturated carbocycles. The molecule has 2 heterocycles. The standard InChI is InChI=1S/C16H17ClN4O/c17-15-6-5-11(9-19-15)10-20-16(18)21-13-7-8-22-14-4-2-1-3-12(13)14/h1-6,9,13H,7-8,10H2,(H3,18,20,21). The van der Waals surface area contributed by atoms with Gasteiger partial charge < -0.3 is 15.8 Å². The zero-order valence-electron chi connectivity index (χ0n) is 12.0. The Morgan fingerprint density at radius 2 is 2.23 bits per heavy atom. The largest absolute Gasteiger partial charge is 0.493 e. The number of guanidine groups is 1. The first-order valence-corrected chi connectivity index (χ1v) is 7.49. The summed E-state index contributed by atoms with van der Waals surface area (Å²) in [5, 5.41) is 3.73. The molecule has 3 rings (SSSR count). The number of rotatable bonds is 3. The molecule has 0 spiro atoms. The Hall–Kier alpha value is -2.27. The average Bonchev–Trinajstić information content (AvgIpc) is 2.55. The molecule has 0 bridgehead atoms. The van der Waals surface area contributed by atoms with Crippen molar-refractivity contribution in [1.29, 1.82) is 0 Å². The third-order valence-electron chi connectivity index (χ3n) is 3.50. The van der Waals surface area contributed by atoms with Crippen LogP contribution in [-0.4, -0.2) is 17.6 Å². The van der Waals surface area contributed by atoms with Crippen LogP contribution in [0.2, 0.25) is 5.15 Å². The highest BCUT2D eigenvalue weighted by Gasteiger charge is 2.21. The fourth-order valence-electron chi connectivity index (χ4n) is 2.39. The van der Waals surface area contributed by atoms with Crippen molar-refractivity contribution >= 4 is 17.6 Å². The summed E-state index contributed by atoms with van der Waals surface area (Å²) in [6.07, 6.45) is 2.55. The summed E-state index contributed by atoms with van der Waals surface area (Å²) in [6.45, 7) is 1.14. The molecular weight excluding hydrogens is 300 g/mol. The normalized spacial score (nSPS) is 17.5. The van der Waals surface area contributed by atoms with Gasteiger partial charge in [-0.3, -0.25) is 0 Å². The van der Waals surface area contributed by atoms with Gasteiger partial charge in [-0.05, 0) is 17.7 Å². The van der Waals surface area contributed by atoms with E-state index in [1.54, 1.807) is 12.3 Å².